The second kappa shape index (κ2) is 8.13. The van der Waals surface area contributed by atoms with Crippen molar-refractivity contribution < 1.29 is 31.5 Å². The van der Waals surface area contributed by atoms with E-state index >= 15 is 0 Å². The van der Waals surface area contributed by atoms with Gasteiger partial charge in [0.1, 0.15) is 0 Å². The molecule has 0 saturated carbocycles. The van der Waals surface area contributed by atoms with Crippen LogP contribution in [-0.4, -0.2) is 34.3 Å². The molecule has 2 aromatic carbocycles. The Morgan fingerprint density at radius 1 is 1.08 bits per heavy atom. The van der Waals surface area contributed by atoms with Crippen LogP contribution in [0.25, 0.3) is 0 Å². The SMILES string of the molecule is COc1ccc(CC(=O)Nc2ccccc2S(=O)(=O)C(F)F)cc1OC. The van der Waals surface area contributed by atoms with Gasteiger partial charge in [-0.2, -0.15) is 8.78 Å². The summed E-state index contributed by atoms with van der Waals surface area (Å²) < 4.78 is 59.3. The Morgan fingerprint density at radius 2 is 1.73 bits per heavy atom. The number of alkyl halides is 2. The number of carbonyl (C=O) groups excluding carboxylic acids is 1. The first-order valence-electron chi connectivity index (χ1n) is 7.41. The monoisotopic (exact) mass is 385 g/mol. The Labute approximate surface area is 149 Å². The molecule has 0 fully saturated rings. The highest BCUT2D eigenvalue weighted by atomic mass is 32.2. The number of benzene rings is 2. The molecule has 1 amide bonds. The molecule has 0 aromatic heterocycles. The highest BCUT2D eigenvalue weighted by molar-refractivity contribution is 7.91. The van der Waals surface area contributed by atoms with Gasteiger partial charge < -0.3 is 14.8 Å². The van der Waals surface area contributed by atoms with Crippen molar-refractivity contribution in [3.63, 3.8) is 0 Å². The molecule has 0 aliphatic rings. The minimum atomic E-state index is -4.83. The zero-order chi connectivity index (χ0) is 19.3. The smallest absolute Gasteiger partial charge is 0.341 e. The fraction of sp³-hybridized carbons (Fsp3) is 0.235. The maximum absolute atomic E-state index is 12.8. The first-order valence-corrected chi connectivity index (χ1v) is 8.96. The van der Waals surface area contributed by atoms with Gasteiger partial charge in [-0.1, -0.05) is 18.2 Å². The van der Waals surface area contributed by atoms with E-state index in [1.165, 1.54) is 32.4 Å². The Kier molecular flexibility index (Phi) is 6.14. The van der Waals surface area contributed by atoms with Crippen LogP contribution in [0.5, 0.6) is 11.5 Å². The molecule has 6 nitrogen and oxygen atoms in total. The van der Waals surface area contributed by atoms with Crippen LogP contribution < -0.4 is 14.8 Å². The van der Waals surface area contributed by atoms with E-state index in [0.717, 1.165) is 6.07 Å². The lowest BCUT2D eigenvalue weighted by molar-refractivity contribution is -0.115. The van der Waals surface area contributed by atoms with E-state index in [9.17, 15) is 22.0 Å². The van der Waals surface area contributed by atoms with Crippen molar-refractivity contribution in [3.05, 3.63) is 48.0 Å². The van der Waals surface area contributed by atoms with E-state index in [2.05, 4.69) is 5.32 Å². The fourth-order valence-corrected chi connectivity index (χ4v) is 3.17. The van der Waals surface area contributed by atoms with Gasteiger partial charge in [0.25, 0.3) is 0 Å². The fourth-order valence-electron chi connectivity index (χ4n) is 2.28. The molecule has 1 N–H and O–H groups in total. The van der Waals surface area contributed by atoms with Gasteiger partial charge in [0.2, 0.25) is 15.7 Å². The van der Waals surface area contributed by atoms with Gasteiger partial charge >= 0.3 is 5.76 Å². The average Bonchev–Trinajstić information content (AvgIpc) is 2.61. The van der Waals surface area contributed by atoms with Gasteiger partial charge in [0.05, 0.1) is 31.2 Å². The lowest BCUT2D eigenvalue weighted by Gasteiger charge is -2.12. The number of para-hydroxylation sites is 1. The Balaban J connectivity index is 2.22. The topological polar surface area (TPSA) is 81.7 Å². The third kappa shape index (κ3) is 4.29. The third-order valence-electron chi connectivity index (χ3n) is 3.51. The van der Waals surface area contributed by atoms with E-state index in [0.29, 0.717) is 17.1 Å². The number of sulfone groups is 1. The van der Waals surface area contributed by atoms with Crippen LogP contribution in [0.15, 0.2) is 47.4 Å². The Hall–Kier alpha value is -2.68. The van der Waals surface area contributed by atoms with Crippen molar-refractivity contribution in [2.24, 2.45) is 0 Å². The van der Waals surface area contributed by atoms with E-state index < -0.39 is 26.4 Å². The second-order valence-electron chi connectivity index (χ2n) is 5.22. The van der Waals surface area contributed by atoms with Crippen LogP contribution in [0, 0.1) is 0 Å². The lowest BCUT2D eigenvalue weighted by atomic mass is 10.1. The summed E-state index contributed by atoms with van der Waals surface area (Å²) in [5, 5.41) is 2.36. The number of rotatable bonds is 7. The van der Waals surface area contributed by atoms with Crippen LogP contribution in [0.2, 0.25) is 0 Å². The Bertz CT molecular complexity index is 900. The number of ether oxygens (including phenoxy) is 2. The maximum Gasteiger partial charge on any atom is 0.341 e. The first kappa shape index (κ1) is 19.6. The molecular weight excluding hydrogens is 368 g/mol. The number of nitrogens with one attached hydrogen (secondary N) is 1. The molecule has 0 atom stereocenters. The number of anilines is 1. The van der Waals surface area contributed by atoms with Gasteiger partial charge in [0.15, 0.2) is 11.5 Å². The molecule has 26 heavy (non-hydrogen) atoms. The summed E-state index contributed by atoms with van der Waals surface area (Å²) in [6, 6.07) is 9.88. The van der Waals surface area contributed by atoms with Crippen molar-refractivity contribution in [2.45, 2.75) is 17.1 Å². The van der Waals surface area contributed by atoms with Gasteiger partial charge in [-0.25, -0.2) is 8.42 Å². The van der Waals surface area contributed by atoms with E-state index in [1.807, 2.05) is 0 Å². The zero-order valence-electron chi connectivity index (χ0n) is 14.0. The minimum absolute atomic E-state index is 0.108. The number of halogens is 2. The van der Waals surface area contributed by atoms with E-state index in [1.54, 1.807) is 18.2 Å². The van der Waals surface area contributed by atoms with Crippen LogP contribution in [0.1, 0.15) is 5.56 Å². The summed E-state index contributed by atoms with van der Waals surface area (Å²) >= 11 is 0. The third-order valence-corrected chi connectivity index (χ3v) is 4.95. The number of hydrogen-bond donors (Lipinski definition) is 1. The van der Waals surface area contributed by atoms with Crippen molar-refractivity contribution in [1.29, 1.82) is 0 Å². The largest absolute Gasteiger partial charge is 0.493 e. The van der Waals surface area contributed by atoms with Crippen molar-refractivity contribution >= 4 is 21.4 Å². The maximum atomic E-state index is 12.8. The lowest BCUT2D eigenvalue weighted by Crippen LogP contribution is -2.19. The first-order chi connectivity index (χ1) is 12.3. The van der Waals surface area contributed by atoms with Crippen molar-refractivity contribution in [3.8, 4) is 11.5 Å². The molecule has 0 heterocycles. The van der Waals surface area contributed by atoms with Gasteiger partial charge in [-0.05, 0) is 29.8 Å². The molecule has 0 saturated heterocycles. The second-order valence-corrected chi connectivity index (χ2v) is 7.10. The molecular formula is C17H17F2NO5S. The van der Waals surface area contributed by atoms with Crippen molar-refractivity contribution in [2.75, 3.05) is 19.5 Å². The number of hydrogen-bond acceptors (Lipinski definition) is 5. The summed E-state index contributed by atoms with van der Waals surface area (Å²) in [7, 11) is -1.90. The molecule has 0 aliphatic carbocycles. The molecule has 0 spiro atoms. The molecule has 140 valence electrons. The highest BCUT2D eigenvalue weighted by Gasteiger charge is 2.29. The molecule has 2 aromatic rings. The summed E-state index contributed by atoms with van der Waals surface area (Å²) in [4.78, 5) is 11.6. The quantitative estimate of drug-likeness (QED) is 0.793. The standard InChI is InChI=1S/C17H17F2NO5S/c1-24-13-8-7-11(9-14(13)25-2)10-16(21)20-12-5-3-4-6-15(12)26(22,23)17(18)19/h3-9,17H,10H2,1-2H3,(H,20,21). The van der Waals surface area contributed by atoms with E-state index in [-0.39, 0.29) is 12.1 Å². The number of amides is 1. The van der Waals surface area contributed by atoms with Crippen LogP contribution in [0.3, 0.4) is 0 Å². The van der Waals surface area contributed by atoms with Crippen LogP contribution in [-0.2, 0) is 21.1 Å². The van der Waals surface area contributed by atoms with Gasteiger partial charge in [-0.15, -0.1) is 0 Å². The van der Waals surface area contributed by atoms with Gasteiger partial charge in [0, 0.05) is 0 Å². The highest BCUT2D eigenvalue weighted by Crippen LogP contribution is 2.29. The van der Waals surface area contributed by atoms with Gasteiger partial charge in [-0.3, -0.25) is 4.79 Å². The molecule has 0 radical (unpaired) electrons. The van der Waals surface area contributed by atoms with Crippen LogP contribution in [0.4, 0.5) is 14.5 Å². The zero-order valence-corrected chi connectivity index (χ0v) is 14.8. The number of methoxy groups -OCH3 is 2. The predicted octanol–water partition coefficient (Wildman–Crippen LogP) is 2.88. The summed E-state index contributed by atoms with van der Waals surface area (Å²) in [6.07, 6.45) is -0.108. The normalized spacial score (nSPS) is 11.3. The molecule has 0 bridgehead atoms. The summed E-state index contributed by atoms with van der Waals surface area (Å²) in [5.74, 6) is -3.22. The molecule has 0 aliphatic heterocycles. The van der Waals surface area contributed by atoms with Crippen molar-refractivity contribution in [1.82, 2.24) is 0 Å². The predicted molar refractivity (Wildman–Crippen MR) is 91.5 cm³/mol. The Morgan fingerprint density at radius 3 is 2.35 bits per heavy atom. The van der Waals surface area contributed by atoms with Crippen LogP contribution >= 0.6 is 0 Å². The number of carbonyl (C=O) groups is 1. The minimum Gasteiger partial charge on any atom is -0.493 e. The average molecular weight is 385 g/mol. The van der Waals surface area contributed by atoms with E-state index in [4.69, 9.17) is 9.47 Å². The summed E-state index contributed by atoms with van der Waals surface area (Å²) in [5.41, 5.74) is 0.382. The molecule has 0 unspecified atom stereocenters. The molecule has 9 heteroatoms. The summed E-state index contributed by atoms with van der Waals surface area (Å²) in [6.45, 7) is 0. The molecule has 2 rings (SSSR count).